The molecule has 3 rings (SSSR count). The van der Waals surface area contributed by atoms with Gasteiger partial charge in [-0.15, -0.1) is 0 Å². The summed E-state index contributed by atoms with van der Waals surface area (Å²) in [6, 6.07) is 17.7. The first-order chi connectivity index (χ1) is 9.28. The maximum absolute atomic E-state index is 9.21. The highest BCUT2D eigenvalue weighted by Crippen LogP contribution is 2.21. The minimum atomic E-state index is 0.418. The Balaban J connectivity index is 2.25. The van der Waals surface area contributed by atoms with Crippen molar-refractivity contribution < 1.29 is 0 Å². The van der Waals surface area contributed by atoms with Crippen LogP contribution >= 0.6 is 0 Å². The topological polar surface area (TPSA) is 49.6 Å². The lowest BCUT2D eigenvalue weighted by Gasteiger charge is -2.04. The molecule has 0 aliphatic heterocycles. The number of benzene rings is 2. The van der Waals surface area contributed by atoms with Gasteiger partial charge >= 0.3 is 0 Å². The second-order valence-corrected chi connectivity index (χ2v) is 4.39. The van der Waals surface area contributed by atoms with E-state index in [9.17, 15) is 5.26 Å². The standard InChI is InChI=1S/C16H11N3/c1-11-6-8-12(9-7-11)16-18-14-5-3-2-4-13(14)15(10-17)19-16/h2-9H,1H3. The molecule has 1 heterocycles. The van der Waals surface area contributed by atoms with Crippen LogP contribution in [0.15, 0.2) is 48.5 Å². The van der Waals surface area contributed by atoms with Gasteiger partial charge in [0, 0.05) is 10.9 Å². The van der Waals surface area contributed by atoms with E-state index in [1.165, 1.54) is 5.56 Å². The first kappa shape index (κ1) is 11.4. The number of para-hydroxylation sites is 1. The Morgan fingerprint density at radius 3 is 2.42 bits per heavy atom. The second-order valence-electron chi connectivity index (χ2n) is 4.39. The summed E-state index contributed by atoms with van der Waals surface area (Å²) in [6.45, 7) is 2.03. The first-order valence-electron chi connectivity index (χ1n) is 6.02. The van der Waals surface area contributed by atoms with Gasteiger partial charge in [-0.2, -0.15) is 5.26 Å². The summed E-state index contributed by atoms with van der Waals surface area (Å²) >= 11 is 0. The summed E-state index contributed by atoms with van der Waals surface area (Å²) in [5.41, 5.74) is 3.32. The quantitative estimate of drug-likeness (QED) is 0.659. The van der Waals surface area contributed by atoms with Crippen molar-refractivity contribution in [3.05, 3.63) is 59.8 Å². The van der Waals surface area contributed by atoms with Crippen molar-refractivity contribution in [2.75, 3.05) is 0 Å². The number of hydrogen-bond donors (Lipinski definition) is 0. The van der Waals surface area contributed by atoms with E-state index in [1.54, 1.807) is 0 Å². The molecule has 3 aromatic rings. The van der Waals surface area contributed by atoms with Crippen molar-refractivity contribution in [2.24, 2.45) is 0 Å². The van der Waals surface area contributed by atoms with E-state index in [0.717, 1.165) is 16.5 Å². The van der Waals surface area contributed by atoms with Gasteiger partial charge in [-0.1, -0.05) is 42.0 Å². The highest BCUT2D eigenvalue weighted by Gasteiger charge is 2.08. The van der Waals surface area contributed by atoms with Gasteiger partial charge in [0.1, 0.15) is 6.07 Å². The molecule has 3 nitrogen and oxygen atoms in total. The van der Waals surface area contributed by atoms with Crippen LogP contribution in [-0.4, -0.2) is 9.97 Å². The molecule has 0 saturated carbocycles. The van der Waals surface area contributed by atoms with Crippen molar-refractivity contribution in [1.82, 2.24) is 9.97 Å². The number of aryl methyl sites for hydroxylation is 1. The van der Waals surface area contributed by atoms with Gasteiger partial charge in [-0.05, 0) is 19.1 Å². The normalized spacial score (nSPS) is 10.3. The van der Waals surface area contributed by atoms with E-state index in [2.05, 4.69) is 16.0 Å². The molecule has 0 saturated heterocycles. The monoisotopic (exact) mass is 245 g/mol. The van der Waals surface area contributed by atoms with E-state index in [-0.39, 0.29) is 0 Å². The molecule has 0 N–H and O–H groups in total. The molecule has 1 aromatic heterocycles. The smallest absolute Gasteiger partial charge is 0.161 e. The molecule has 0 bridgehead atoms. The Morgan fingerprint density at radius 2 is 1.68 bits per heavy atom. The lowest BCUT2D eigenvalue weighted by atomic mass is 10.1. The zero-order valence-corrected chi connectivity index (χ0v) is 10.5. The molecule has 3 heteroatoms. The average molecular weight is 245 g/mol. The lowest BCUT2D eigenvalue weighted by Crippen LogP contribution is -1.94. The minimum Gasteiger partial charge on any atom is -0.228 e. The van der Waals surface area contributed by atoms with Crippen molar-refractivity contribution in [3.63, 3.8) is 0 Å². The fourth-order valence-electron chi connectivity index (χ4n) is 1.99. The predicted molar refractivity (Wildman–Crippen MR) is 74.4 cm³/mol. The van der Waals surface area contributed by atoms with Gasteiger partial charge in [0.05, 0.1) is 5.52 Å². The van der Waals surface area contributed by atoms with E-state index >= 15 is 0 Å². The number of rotatable bonds is 1. The van der Waals surface area contributed by atoms with Crippen molar-refractivity contribution in [1.29, 1.82) is 5.26 Å². The Bertz CT molecular complexity index is 783. The number of hydrogen-bond acceptors (Lipinski definition) is 3. The second kappa shape index (κ2) is 4.51. The first-order valence-corrected chi connectivity index (χ1v) is 6.02. The maximum Gasteiger partial charge on any atom is 0.161 e. The van der Waals surface area contributed by atoms with Crippen LogP contribution in [0, 0.1) is 18.3 Å². The highest BCUT2D eigenvalue weighted by atomic mass is 14.9. The van der Waals surface area contributed by atoms with Crippen molar-refractivity contribution in [3.8, 4) is 17.5 Å². The van der Waals surface area contributed by atoms with Gasteiger partial charge in [-0.3, -0.25) is 0 Å². The molecule has 19 heavy (non-hydrogen) atoms. The maximum atomic E-state index is 9.21. The van der Waals surface area contributed by atoms with Gasteiger partial charge in [0.15, 0.2) is 11.5 Å². The van der Waals surface area contributed by atoms with Crippen LogP contribution < -0.4 is 0 Å². The molecular weight excluding hydrogens is 234 g/mol. The van der Waals surface area contributed by atoms with Gasteiger partial charge in [-0.25, -0.2) is 9.97 Å². The van der Waals surface area contributed by atoms with Crippen LogP contribution in [-0.2, 0) is 0 Å². The largest absolute Gasteiger partial charge is 0.228 e. The van der Waals surface area contributed by atoms with Crippen LogP contribution in [0.25, 0.3) is 22.3 Å². The van der Waals surface area contributed by atoms with Crippen LogP contribution in [0.5, 0.6) is 0 Å². The fraction of sp³-hybridized carbons (Fsp3) is 0.0625. The molecule has 0 fully saturated rings. The molecule has 0 radical (unpaired) electrons. The molecule has 0 atom stereocenters. The Morgan fingerprint density at radius 1 is 0.947 bits per heavy atom. The molecule has 2 aromatic carbocycles. The third-order valence-electron chi connectivity index (χ3n) is 3.02. The number of nitriles is 1. The third-order valence-corrected chi connectivity index (χ3v) is 3.02. The zero-order valence-electron chi connectivity index (χ0n) is 10.5. The molecule has 0 aliphatic carbocycles. The van der Waals surface area contributed by atoms with Crippen LogP contribution in [0.3, 0.4) is 0 Å². The van der Waals surface area contributed by atoms with E-state index in [4.69, 9.17) is 0 Å². The van der Waals surface area contributed by atoms with Crippen molar-refractivity contribution in [2.45, 2.75) is 6.92 Å². The van der Waals surface area contributed by atoms with Gasteiger partial charge < -0.3 is 0 Å². The van der Waals surface area contributed by atoms with E-state index in [1.807, 2.05) is 55.5 Å². The van der Waals surface area contributed by atoms with Crippen molar-refractivity contribution >= 4 is 10.9 Å². The molecule has 90 valence electrons. The van der Waals surface area contributed by atoms with E-state index < -0.39 is 0 Å². The average Bonchev–Trinajstić information content (AvgIpc) is 2.47. The number of nitrogens with zero attached hydrogens (tertiary/aromatic N) is 3. The Kier molecular flexibility index (Phi) is 2.70. The van der Waals surface area contributed by atoms with Crippen LogP contribution in [0.4, 0.5) is 0 Å². The summed E-state index contributed by atoms with van der Waals surface area (Å²) in [5.74, 6) is 0.593. The summed E-state index contributed by atoms with van der Waals surface area (Å²) in [7, 11) is 0. The number of aromatic nitrogens is 2. The van der Waals surface area contributed by atoms with Gasteiger partial charge in [0.2, 0.25) is 0 Å². The zero-order chi connectivity index (χ0) is 13.2. The summed E-state index contributed by atoms with van der Waals surface area (Å²) in [4.78, 5) is 8.87. The Labute approximate surface area is 111 Å². The SMILES string of the molecule is Cc1ccc(-c2nc(C#N)c3ccccc3n2)cc1. The summed E-state index contributed by atoms with van der Waals surface area (Å²) in [6.07, 6.45) is 0. The van der Waals surface area contributed by atoms with E-state index in [0.29, 0.717) is 11.5 Å². The molecule has 0 spiro atoms. The van der Waals surface area contributed by atoms with Crippen LogP contribution in [0.1, 0.15) is 11.3 Å². The number of fused-ring (bicyclic) bond motifs is 1. The van der Waals surface area contributed by atoms with Gasteiger partial charge in [0.25, 0.3) is 0 Å². The molecular formula is C16H11N3. The molecule has 0 unspecified atom stereocenters. The summed E-state index contributed by atoms with van der Waals surface area (Å²) in [5, 5.41) is 10.0. The highest BCUT2D eigenvalue weighted by molar-refractivity contribution is 5.84. The molecule has 0 aliphatic rings. The predicted octanol–water partition coefficient (Wildman–Crippen LogP) is 3.48. The Hall–Kier alpha value is -2.73. The summed E-state index contributed by atoms with van der Waals surface area (Å²) < 4.78 is 0. The fourth-order valence-corrected chi connectivity index (χ4v) is 1.99. The molecule has 0 amide bonds. The van der Waals surface area contributed by atoms with Crippen LogP contribution in [0.2, 0.25) is 0 Å². The third kappa shape index (κ3) is 2.04. The minimum absolute atomic E-state index is 0.418. The lowest BCUT2D eigenvalue weighted by molar-refractivity contribution is 1.19.